The van der Waals surface area contributed by atoms with Gasteiger partial charge in [0.15, 0.2) is 0 Å². The van der Waals surface area contributed by atoms with Crippen LogP contribution in [0.15, 0.2) is 35.2 Å². The van der Waals surface area contributed by atoms with E-state index in [1.165, 1.54) is 0 Å². The summed E-state index contributed by atoms with van der Waals surface area (Å²) in [6.45, 7) is 5.33. The molecule has 0 aliphatic heterocycles. The van der Waals surface area contributed by atoms with Crippen molar-refractivity contribution in [2.45, 2.75) is 18.7 Å². The SMILES string of the molecule is CN(C)CC(C)(C)CNS(=O)(=O)c1ccccc1.Cl. The molecule has 0 spiro atoms. The molecule has 0 fully saturated rings. The standard InChI is InChI=1S/C13H22N2O2S.ClH/c1-13(2,11-15(3)4)10-14-18(16,17)12-8-6-5-7-9-12;/h5-9,14H,10-11H2,1-4H3;1H. The average Bonchev–Trinajstić information content (AvgIpc) is 2.26. The van der Waals surface area contributed by atoms with Gasteiger partial charge in [-0.05, 0) is 31.6 Å². The molecule has 0 saturated carbocycles. The van der Waals surface area contributed by atoms with Gasteiger partial charge in [-0.1, -0.05) is 32.0 Å². The fourth-order valence-electron chi connectivity index (χ4n) is 1.89. The monoisotopic (exact) mass is 306 g/mol. The summed E-state index contributed by atoms with van der Waals surface area (Å²) in [6, 6.07) is 8.44. The highest BCUT2D eigenvalue weighted by Gasteiger charge is 2.22. The second-order valence-electron chi connectivity index (χ2n) is 5.54. The molecule has 6 heteroatoms. The minimum Gasteiger partial charge on any atom is -0.309 e. The lowest BCUT2D eigenvalue weighted by Crippen LogP contribution is -2.39. The summed E-state index contributed by atoms with van der Waals surface area (Å²) in [7, 11) is 0.561. The second kappa shape index (κ2) is 7.24. The van der Waals surface area contributed by atoms with Crippen molar-refractivity contribution in [1.29, 1.82) is 0 Å². The Bertz CT molecular complexity index is 473. The highest BCUT2D eigenvalue weighted by atomic mass is 35.5. The third kappa shape index (κ3) is 6.38. The van der Waals surface area contributed by atoms with Crippen LogP contribution in [0.4, 0.5) is 0 Å². The van der Waals surface area contributed by atoms with Crippen molar-refractivity contribution in [2.24, 2.45) is 5.41 Å². The van der Waals surface area contributed by atoms with Gasteiger partial charge in [0.25, 0.3) is 0 Å². The first-order valence-electron chi connectivity index (χ1n) is 5.92. The van der Waals surface area contributed by atoms with Crippen molar-refractivity contribution in [3.05, 3.63) is 30.3 Å². The zero-order valence-electron chi connectivity index (χ0n) is 11.9. The Morgan fingerprint density at radius 3 is 2.16 bits per heavy atom. The zero-order valence-corrected chi connectivity index (χ0v) is 13.5. The molecule has 4 nitrogen and oxygen atoms in total. The van der Waals surface area contributed by atoms with Gasteiger partial charge in [0, 0.05) is 13.1 Å². The maximum Gasteiger partial charge on any atom is 0.240 e. The van der Waals surface area contributed by atoms with Gasteiger partial charge in [-0.3, -0.25) is 0 Å². The molecule has 0 amide bonds. The van der Waals surface area contributed by atoms with Crippen molar-refractivity contribution < 1.29 is 8.42 Å². The van der Waals surface area contributed by atoms with Crippen molar-refractivity contribution in [1.82, 2.24) is 9.62 Å². The van der Waals surface area contributed by atoms with Crippen molar-refractivity contribution >= 4 is 22.4 Å². The lowest BCUT2D eigenvalue weighted by molar-refractivity contribution is 0.242. The normalized spacial score (nSPS) is 12.3. The first-order valence-corrected chi connectivity index (χ1v) is 7.41. The predicted molar refractivity (Wildman–Crippen MR) is 81.2 cm³/mol. The van der Waals surface area contributed by atoms with Gasteiger partial charge in [0.1, 0.15) is 0 Å². The minimum absolute atomic E-state index is 0. The Kier molecular flexibility index (Phi) is 7.00. The van der Waals surface area contributed by atoms with Crippen molar-refractivity contribution in [2.75, 3.05) is 27.2 Å². The van der Waals surface area contributed by atoms with Crippen LogP contribution in [-0.4, -0.2) is 40.5 Å². The Hall–Kier alpha value is -0.620. The van der Waals surface area contributed by atoms with E-state index in [2.05, 4.69) is 9.62 Å². The summed E-state index contributed by atoms with van der Waals surface area (Å²) in [4.78, 5) is 2.36. The van der Waals surface area contributed by atoms with Crippen molar-refractivity contribution in [3.8, 4) is 0 Å². The van der Waals surface area contributed by atoms with E-state index in [-0.39, 0.29) is 17.8 Å². The maximum absolute atomic E-state index is 12.0. The Labute approximate surface area is 122 Å². The average molecular weight is 307 g/mol. The highest BCUT2D eigenvalue weighted by molar-refractivity contribution is 7.89. The van der Waals surface area contributed by atoms with Gasteiger partial charge in [-0.2, -0.15) is 0 Å². The summed E-state index contributed by atoms with van der Waals surface area (Å²) < 4.78 is 26.7. The smallest absolute Gasteiger partial charge is 0.240 e. The van der Waals surface area contributed by atoms with Gasteiger partial charge in [-0.25, -0.2) is 13.1 Å². The van der Waals surface area contributed by atoms with Gasteiger partial charge in [0.05, 0.1) is 4.90 Å². The number of nitrogens with zero attached hydrogens (tertiary/aromatic N) is 1. The van der Waals surface area contributed by atoms with E-state index in [0.717, 1.165) is 6.54 Å². The van der Waals surface area contributed by atoms with Crippen LogP contribution in [0.1, 0.15) is 13.8 Å². The number of rotatable bonds is 6. The van der Waals surface area contributed by atoms with Crippen LogP contribution in [0.2, 0.25) is 0 Å². The Morgan fingerprint density at radius 2 is 1.68 bits per heavy atom. The van der Waals surface area contributed by atoms with E-state index in [0.29, 0.717) is 11.4 Å². The first-order chi connectivity index (χ1) is 8.23. The van der Waals surface area contributed by atoms with Crippen LogP contribution in [0.25, 0.3) is 0 Å². The second-order valence-corrected chi connectivity index (χ2v) is 7.31. The first kappa shape index (κ1) is 18.4. The molecule has 0 radical (unpaired) electrons. The molecule has 0 saturated heterocycles. The number of hydrogen-bond acceptors (Lipinski definition) is 3. The minimum atomic E-state index is -3.40. The fraction of sp³-hybridized carbons (Fsp3) is 0.538. The molecule has 1 N–H and O–H groups in total. The molecule has 110 valence electrons. The van der Waals surface area contributed by atoms with Crippen LogP contribution in [0.5, 0.6) is 0 Å². The van der Waals surface area contributed by atoms with E-state index >= 15 is 0 Å². The van der Waals surface area contributed by atoms with Crippen LogP contribution >= 0.6 is 12.4 Å². The number of nitrogens with one attached hydrogen (secondary N) is 1. The molecule has 0 atom stereocenters. The molecular formula is C13H23ClN2O2S. The van der Waals surface area contributed by atoms with Crippen LogP contribution in [0, 0.1) is 5.41 Å². The summed E-state index contributed by atoms with van der Waals surface area (Å²) in [5.74, 6) is 0. The molecular weight excluding hydrogens is 284 g/mol. The molecule has 0 heterocycles. The van der Waals surface area contributed by atoms with Crippen LogP contribution in [-0.2, 0) is 10.0 Å². The number of benzene rings is 1. The van der Waals surface area contributed by atoms with Gasteiger partial charge in [0.2, 0.25) is 10.0 Å². The van der Waals surface area contributed by atoms with Gasteiger partial charge in [-0.15, -0.1) is 12.4 Å². The largest absolute Gasteiger partial charge is 0.309 e. The van der Waals surface area contributed by atoms with E-state index < -0.39 is 10.0 Å². The predicted octanol–water partition coefficient (Wildman–Crippen LogP) is 1.97. The third-order valence-corrected chi connectivity index (χ3v) is 3.96. The third-order valence-electron chi connectivity index (χ3n) is 2.54. The molecule has 19 heavy (non-hydrogen) atoms. The molecule has 1 rings (SSSR count). The molecule has 0 aliphatic carbocycles. The summed E-state index contributed by atoms with van der Waals surface area (Å²) in [5, 5.41) is 0. The zero-order chi connectivity index (χ0) is 13.8. The molecule has 0 unspecified atom stereocenters. The van der Waals surface area contributed by atoms with Gasteiger partial charge >= 0.3 is 0 Å². The van der Waals surface area contributed by atoms with E-state index in [9.17, 15) is 8.42 Å². The summed E-state index contributed by atoms with van der Waals surface area (Å²) in [5.41, 5.74) is -0.106. The quantitative estimate of drug-likeness (QED) is 0.874. The number of sulfonamides is 1. The van der Waals surface area contributed by atoms with E-state index in [1.807, 2.05) is 27.9 Å². The molecule has 0 bridgehead atoms. The summed E-state index contributed by atoms with van der Waals surface area (Å²) in [6.07, 6.45) is 0. The topological polar surface area (TPSA) is 49.4 Å². The van der Waals surface area contributed by atoms with Crippen LogP contribution in [0.3, 0.4) is 0 Å². The molecule has 1 aromatic rings. The summed E-state index contributed by atoms with van der Waals surface area (Å²) >= 11 is 0. The van der Waals surface area contributed by atoms with E-state index in [4.69, 9.17) is 0 Å². The lowest BCUT2D eigenvalue weighted by Gasteiger charge is -2.28. The molecule has 1 aromatic carbocycles. The van der Waals surface area contributed by atoms with E-state index in [1.54, 1.807) is 30.3 Å². The lowest BCUT2D eigenvalue weighted by atomic mass is 9.93. The molecule has 0 aliphatic rings. The maximum atomic E-state index is 12.0. The number of halogens is 1. The number of hydrogen-bond donors (Lipinski definition) is 1. The van der Waals surface area contributed by atoms with Crippen LogP contribution < -0.4 is 4.72 Å². The molecule has 0 aromatic heterocycles. The Morgan fingerprint density at radius 1 is 1.16 bits per heavy atom. The fourth-order valence-corrected chi connectivity index (χ4v) is 3.15. The Balaban J connectivity index is 0.00000324. The van der Waals surface area contributed by atoms with Crippen molar-refractivity contribution in [3.63, 3.8) is 0 Å². The van der Waals surface area contributed by atoms with Gasteiger partial charge < -0.3 is 4.90 Å². The highest BCUT2D eigenvalue weighted by Crippen LogP contribution is 2.16.